The first kappa shape index (κ1) is 21.4. The van der Waals surface area contributed by atoms with Crippen LogP contribution < -0.4 is 5.32 Å². The van der Waals surface area contributed by atoms with E-state index in [1.54, 1.807) is 6.92 Å². The topological polar surface area (TPSA) is 69.3 Å². The lowest BCUT2D eigenvalue weighted by Gasteiger charge is -2.40. The van der Waals surface area contributed by atoms with Crippen LogP contribution in [0.5, 0.6) is 0 Å². The van der Waals surface area contributed by atoms with Crippen LogP contribution in [0.3, 0.4) is 0 Å². The van der Waals surface area contributed by atoms with E-state index in [2.05, 4.69) is 22.4 Å². The molecule has 0 saturated heterocycles. The Morgan fingerprint density at radius 3 is 2.39 bits per heavy atom. The van der Waals surface area contributed by atoms with Gasteiger partial charge in [0, 0.05) is 32.1 Å². The highest BCUT2D eigenvalue weighted by Crippen LogP contribution is 2.32. The van der Waals surface area contributed by atoms with Gasteiger partial charge in [-0.05, 0) is 73.2 Å². The molecule has 0 atom stereocenters. The third kappa shape index (κ3) is 5.45. The molecule has 1 N–H and O–H groups in total. The molecule has 5 heteroatoms. The second-order valence-corrected chi connectivity index (χ2v) is 8.97. The molecule has 1 aromatic carbocycles. The molecule has 0 radical (unpaired) electrons. The molecule has 0 unspecified atom stereocenters. The van der Waals surface area contributed by atoms with E-state index in [-0.39, 0.29) is 11.4 Å². The predicted octanol–water partition coefficient (Wildman–Crippen LogP) is 5.02. The van der Waals surface area contributed by atoms with E-state index in [1.165, 1.54) is 30.4 Å². The zero-order valence-corrected chi connectivity index (χ0v) is 18.3. The number of nitrogens with one attached hydrogen (secondary N) is 1. The molecule has 5 nitrogen and oxygen atoms in total. The summed E-state index contributed by atoms with van der Waals surface area (Å²) in [7, 11) is 0. The van der Waals surface area contributed by atoms with Crippen molar-refractivity contribution in [2.45, 2.75) is 64.0 Å². The fourth-order valence-electron chi connectivity index (χ4n) is 5.00. The lowest BCUT2D eigenvalue weighted by atomic mass is 9.79. The molecule has 0 spiro atoms. The molecule has 5 rings (SSSR count). The Morgan fingerprint density at radius 2 is 1.81 bits per heavy atom. The highest BCUT2D eigenvalue weighted by Gasteiger charge is 2.33. The summed E-state index contributed by atoms with van der Waals surface area (Å²) in [6.07, 6.45) is 8.01. The quantitative estimate of drug-likeness (QED) is 0.647. The first-order valence-corrected chi connectivity index (χ1v) is 11.4. The minimum absolute atomic E-state index is 0.00895. The van der Waals surface area contributed by atoms with Gasteiger partial charge >= 0.3 is 0 Å². The molecule has 1 amide bonds. The van der Waals surface area contributed by atoms with Gasteiger partial charge in [0.2, 0.25) is 5.91 Å². The largest absolute Gasteiger partial charge is 0.457 e. The minimum Gasteiger partial charge on any atom is -0.457 e. The SMILES string of the molecule is CC(=O)NC1(CCN2CCc3cc(C#N)ccc3C2)CCCCC1.c1cc2ccc1o2. The smallest absolute Gasteiger partial charge is 0.217 e. The summed E-state index contributed by atoms with van der Waals surface area (Å²) in [5, 5.41) is 12.3. The lowest BCUT2D eigenvalue weighted by Crippen LogP contribution is -2.51. The number of hydrogen-bond donors (Lipinski definition) is 1. The van der Waals surface area contributed by atoms with Crippen molar-refractivity contribution in [2.75, 3.05) is 13.1 Å². The molecule has 3 heterocycles. The van der Waals surface area contributed by atoms with E-state index < -0.39 is 0 Å². The Hall–Kier alpha value is -2.84. The zero-order valence-electron chi connectivity index (χ0n) is 18.3. The van der Waals surface area contributed by atoms with E-state index in [0.29, 0.717) is 0 Å². The highest BCUT2D eigenvalue weighted by atomic mass is 16.3. The molecule has 2 bridgehead atoms. The molecule has 1 fully saturated rings. The summed E-state index contributed by atoms with van der Waals surface area (Å²) in [6.45, 7) is 4.66. The van der Waals surface area contributed by atoms with E-state index in [0.717, 1.165) is 62.0 Å². The van der Waals surface area contributed by atoms with Crippen LogP contribution in [0.15, 0.2) is 46.9 Å². The third-order valence-corrected chi connectivity index (χ3v) is 6.64. The molecule has 1 aliphatic heterocycles. The van der Waals surface area contributed by atoms with Crippen LogP contribution in [0.4, 0.5) is 0 Å². The molecule has 31 heavy (non-hydrogen) atoms. The first-order chi connectivity index (χ1) is 15.0. The van der Waals surface area contributed by atoms with Gasteiger partial charge in [-0.2, -0.15) is 5.26 Å². The number of furan rings is 2. The molecule has 2 aromatic heterocycles. The molecule has 1 aliphatic carbocycles. The van der Waals surface area contributed by atoms with Crippen molar-refractivity contribution >= 4 is 17.1 Å². The Balaban J connectivity index is 0.000000275. The fraction of sp³-hybridized carbons (Fsp3) is 0.462. The van der Waals surface area contributed by atoms with Crippen molar-refractivity contribution < 1.29 is 9.21 Å². The van der Waals surface area contributed by atoms with Gasteiger partial charge in [-0.3, -0.25) is 9.69 Å². The molecule has 2 aliphatic rings. The standard InChI is InChI=1S/C20H27N3O.C6H4O/c1-16(24)22-20(8-3-2-4-9-20)10-12-23-11-7-18-13-17(14-21)5-6-19(18)15-23;1-2-6-4-3-5(1)7-6/h5-6,13H,2-4,7-12,15H2,1H3,(H,22,24);1-4H. The predicted molar refractivity (Wildman–Crippen MR) is 122 cm³/mol. The zero-order chi connectivity index (χ0) is 21.7. The molecule has 3 aromatic rings. The maximum Gasteiger partial charge on any atom is 0.217 e. The minimum atomic E-state index is 0.00895. The number of benzene rings is 2. The second kappa shape index (κ2) is 9.53. The van der Waals surface area contributed by atoms with Gasteiger partial charge in [0.25, 0.3) is 0 Å². The summed E-state index contributed by atoms with van der Waals surface area (Å²) in [6, 6.07) is 16.1. The number of nitriles is 1. The van der Waals surface area contributed by atoms with Crippen LogP contribution in [0.1, 0.15) is 62.1 Å². The van der Waals surface area contributed by atoms with Crippen molar-refractivity contribution in [2.24, 2.45) is 0 Å². The number of carbonyl (C=O) groups is 1. The van der Waals surface area contributed by atoms with Crippen molar-refractivity contribution in [1.29, 1.82) is 5.26 Å². The van der Waals surface area contributed by atoms with E-state index >= 15 is 0 Å². The fourth-order valence-corrected chi connectivity index (χ4v) is 5.00. The molecule has 162 valence electrons. The van der Waals surface area contributed by atoms with Crippen LogP contribution in [-0.4, -0.2) is 29.4 Å². The Kier molecular flexibility index (Phi) is 6.58. The summed E-state index contributed by atoms with van der Waals surface area (Å²) in [4.78, 5) is 14.1. The van der Waals surface area contributed by atoms with Gasteiger partial charge in [0.1, 0.15) is 11.2 Å². The monoisotopic (exact) mass is 417 g/mol. The number of carbonyl (C=O) groups excluding carboxylic acids is 1. The highest BCUT2D eigenvalue weighted by molar-refractivity contribution is 5.73. The van der Waals surface area contributed by atoms with Crippen molar-refractivity contribution in [3.8, 4) is 6.07 Å². The van der Waals surface area contributed by atoms with Crippen LogP contribution in [0, 0.1) is 11.3 Å². The van der Waals surface area contributed by atoms with Crippen molar-refractivity contribution in [1.82, 2.24) is 10.2 Å². The average Bonchev–Trinajstić information content (AvgIpc) is 3.44. The van der Waals surface area contributed by atoms with Gasteiger partial charge in [0.15, 0.2) is 0 Å². The molecular formula is C26H31N3O2. The molecular weight excluding hydrogens is 386 g/mol. The van der Waals surface area contributed by atoms with Gasteiger partial charge in [-0.25, -0.2) is 0 Å². The van der Waals surface area contributed by atoms with Gasteiger partial charge in [-0.1, -0.05) is 25.3 Å². The van der Waals surface area contributed by atoms with Crippen molar-refractivity contribution in [3.05, 3.63) is 59.2 Å². The lowest BCUT2D eigenvalue weighted by molar-refractivity contribution is -0.121. The van der Waals surface area contributed by atoms with Crippen molar-refractivity contribution in [3.63, 3.8) is 0 Å². The normalized spacial score (nSPS) is 17.9. The number of fused-ring (bicyclic) bond motifs is 3. The average molecular weight is 418 g/mol. The number of hydrogen-bond acceptors (Lipinski definition) is 4. The number of rotatable bonds is 4. The first-order valence-electron chi connectivity index (χ1n) is 11.4. The van der Waals surface area contributed by atoms with Crippen LogP contribution in [0.25, 0.3) is 11.2 Å². The Labute approximate surface area is 184 Å². The summed E-state index contributed by atoms with van der Waals surface area (Å²) in [5.41, 5.74) is 5.37. The van der Waals surface area contributed by atoms with E-state index in [4.69, 9.17) is 9.68 Å². The van der Waals surface area contributed by atoms with Gasteiger partial charge in [0.05, 0.1) is 11.6 Å². The van der Waals surface area contributed by atoms with Gasteiger partial charge in [-0.15, -0.1) is 0 Å². The van der Waals surface area contributed by atoms with Crippen LogP contribution in [0.2, 0.25) is 0 Å². The second-order valence-electron chi connectivity index (χ2n) is 8.97. The maximum atomic E-state index is 11.6. The molecule has 1 saturated carbocycles. The Bertz CT molecular complexity index is 997. The summed E-state index contributed by atoms with van der Waals surface area (Å²) < 4.78 is 5.08. The number of amides is 1. The van der Waals surface area contributed by atoms with E-state index in [9.17, 15) is 4.79 Å². The van der Waals surface area contributed by atoms with E-state index in [1.807, 2.05) is 36.4 Å². The number of nitrogens with zero attached hydrogens (tertiary/aromatic N) is 2. The third-order valence-electron chi connectivity index (χ3n) is 6.64. The van der Waals surface area contributed by atoms with Gasteiger partial charge < -0.3 is 9.73 Å². The van der Waals surface area contributed by atoms with Crippen LogP contribution in [-0.2, 0) is 17.8 Å². The Morgan fingerprint density at radius 1 is 1.10 bits per heavy atom. The summed E-state index contributed by atoms with van der Waals surface area (Å²) in [5.74, 6) is 0.102. The maximum absolute atomic E-state index is 11.6. The van der Waals surface area contributed by atoms with Crippen LogP contribution >= 0.6 is 0 Å². The summed E-state index contributed by atoms with van der Waals surface area (Å²) >= 11 is 0.